The van der Waals surface area contributed by atoms with Gasteiger partial charge in [-0.05, 0) is 6.42 Å². The van der Waals surface area contributed by atoms with Crippen LogP contribution in [-0.4, -0.2) is 117 Å². The van der Waals surface area contributed by atoms with Crippen LogP contribution in [0.1, 0.15) is 50.9 Å². The van der Waals surface area contributed by atoms with Gasteiger partial charge in [-0.2, -0.15) is 0 Å². The van der Waals surface area contributed by atoms with E-state index >= 15 is 0 Å². The summed E-state index contributed by atoms with van der Waals surface area (Å²) in [6.45, 7) is 12.4. The molecule has 0 aromatic carbocycles. The minimum Gasteiger partial charge on any atom is -1.00 e. The van der Waals surface area contributed by atoms with Gasteiger partial charge in [-0.1, -0.05) is 43.1 Å². The average Bonchev–Trinajstić information content (AvgIpc) is 3.69. The molecule has 0 amide bonds. The van der Waals surface area contributed by atoms with Gasteiger partial charge in [0, 0.05) is 39.8 Å². The molecule has 3 aliphatic heterocycles. The number of aliphatic imine (C=N–C) groups is 3. The molecule has 0 aromatic heterocycles. The molecule has 0 spiro atoms. The Morgan fingerprint density at radius 3 is 1.32 bits per heavy atom. The number of aliphatic hydroxyl groups is 1. The third-order valence-corrected chi connectivity index (χ3v) is 4.86. The smallest absolute Gasteiger partial charge is 1.00 e. The zero-order valence-corrected chi connectivity index (χ0v) is 28.4. The van der Waals surface area contributed by atoms with E-state index in [1.165, 1.54) is 0 Å². The summed E-state index contributed by atoms with van der Waals surface area (Å²) in [6.07, 6.45) is 0.995. The van der Waals surface area contributed by atoms with E-state index in [9.17, 15) is 5.11 Å². The minimum absolute atomic E-state index is 0. The number of rotatable bonds is 11. The van der Waals surface area contributed by atoms with Crippen molar-refractivity contribution >= 4 is 17.7 Å². The number of ether oxygens (including phenoxy) is 6. The van der Waals surface area contributed by atoms with Gasteiger partial charge in [-0.25, -0.2) is 0 Å². The van der Waals surface area contributed by atoms with Gasteiger partial charge in [0.1, 0.15) is 19.8 Å². The quantitative estimate of drug-likeness (QED) is 0.194. The first-order valence-electron chi connectivity index (χ1n) is 12.1. The summed E-state index contributed by atoms with van der Waals surface area (Å²) in [5.74, 6) is 2.71. The third kappa shape index (κ3) is 27.1. The molecule has 0 saturated carbocycles. The predicted molar refractivity (Wildman–Crippen MR) is 156 cm³/mol. The SMILES string of the molecule is C.C.C.CC(CO)C1=NCCO1.CC(C[O-])C1=NCCO1.COCCC(C)C1=NCCO1.COCCOC.[H-].[Na+].[Na+]. The number of hydrogen-bond acceptors (Lipinski definition) is 11. The Kier molecular flexibility index (Phi) is 49.2. The van der Waals surface area contributed by atoms with Crippen LogP contribution in [0, 0.1) is 17.8 Å². The maximum absolute atomic E-state index is 10.3. The molecule has 3 rings (SSSR count). The van der Waals surface area contributed by atoms with Crippen LogP contribution < -0.4 is 64.2 Å². The molecule has 0 aliphatic carbocycles. The first-order valence-corrected chi connectivity index (χ1v) is 12.1. The van der Waals surface area contributed by atoms with E-state index in [-0.39, 0.29) is 108 Å². The Labute approximate surface area is 291 Å². The van der Waals surface area contributed by atoms with Crippen molar-refractivity contribution in [3.8, 4) is 0 Å². The Bertz CT molecular complexity index is 587. The summed E-state index contributed by atoms with van der Waals surface area (Å²) in [5, 5.41) is 18.9. The normalized spacial score (nSPS) is 16.1. The van der Waals surface area contributed by atoms with Gasteiger partial charge >= 0.3 is 59.1 Å². The predicted octanol–water partition coefficient (Wildman–Crippen LogP) is -3.15. The van der Waals surface area contributed by atoms with E-state index in [0.717, 1.165) is 45.2 Å². The van der Waals surface area contributed by atoms with E-state index in [0.29, 0.717) is 44.1 Å². The molecule has 0 fully saturated rings. The Morgan fingerprint density at radius 2 is 1.05 bits per heavy atom. The number of nitrogens with zero attached hydrogens (tertiary/aromatic N) is 3. The summed E-state index contributed by atoms with van der Waals surface area (Å²) < 4.78 is 29.7. The summed E-state index contributed by atoms with van der Waals surface area (Å²) in [6, 6.07) is 0. The average molecular weight is 600 g/mol. The van der Waals surface area contributed by atoms with Gasteiger partial charge < -0.3 is 40.1 Å². The molecule has 0 bridgehead atoms. The van der Waals surface area contributed by atoms with Crippen molar-refractivity contribution in [1.29, 1.82) is 0 Å². The molecule has 3 atom stereocenters. The van der Waals surface area contributed by atoms with Crippen molar-refractivity contribution in [3.05, 3.63) is 0 Å². The van der Waals surface area contributed by atoms with Crippen molar-refractivity contribution in [2.45, 2.75) is 49.5 Å². The van der Waals surface area contributed by atoms with Gasteiger partial charge in [0.2, 0.25) is 0 Å². The van der Waals surface area contributed by atoms with E-state index in [4.69, 9.17) is 24.1 Å². The molecule has 1 N–H and O–H groups in total. The van der Waals surface area contributed by atoms with Crippen LogP contribution in [0.2, 0.25) is 0 Å². The molecule has 232 valence electrons. The van der Waals surface area contributed by atoms with Crippen molar-refractivity contribution in [3.63, 3.8) is 0 Å². The van der Waals surface area contributed by atoms with E-state index < -0.39 is 0 Å². The zero-order chi connectivity index (χ0) is 26.3. The standard InChI is InChI=1S/C8H15NO2.C6H11NO2.C6H10NO2.C4H10O2.3CH4.2Na.H/c1-7(3-5-10-2)8-9-4-6-11-8;2*1-5(4-8)6-7-2-3-9-6;1-5-3-4-6-2;;;;;;/h7H,3-6H2,1-2H3;5,8H,2-4H2,1H3;5H,2-4H2,1H3;3-4H2,1-2H3;3*1H4;;;/q;;-1;;;;;2*+1;-1. The van der Waals surface area contributed by atoms with Crippen molar-refractivity contribution < 1.29 is 99.2 Å². The van der Waals surface area contributed by atoms with E-state index in [2.05, 4.69) is 31.4 Å². The second kappa shape index (κ2) is 37.2. The fraction of sp³-hybridized carbons (Fsp3) is 0.889. The van der Waals surface area contributed by atoms with Gasteiger partial charge in [-0.15, -0.1) is 6.61 Å². The summed E-state index contributed by atoms with van der Waals surface area (Å²) in [7, 11) is 5.02. The van der Waals surface area contributed by atoms with Crippen LogP contribution in [0.25, 0.3) is 0 Å². The molecule has 3 unspecified atom stereocenters. The topological polar surface area (TPSA) is 136 Å². The maximum atomic E-state index is 10.3. The molecule has 3 heterocycles. The zero-order valence-electron chi connectivity index (χ0n) is 25.4. The van der Waals surface area contributed by atoms with Crippen molar-refractivity contribution in [1.82, 2.24) is 0 Å². The molecule has 40 heavy (non-hydrogen) atoms. The number of hydrogen-bond donors (Lipinski definition) is 1. The largest absolute Gasteiger partial charge is 1.00 e. The Morgan fingerprint density at radius 1 is 0.700 bits per heavy atom. The van der Waals surface area contributed by atoms with Crippen LogP contribution in [0.15, 0.2) is 15.0 Å². The summed E-state index contributed by atoms with van der Waals surface area (Å²) in [5.41, 5.74) is 0. The molecular weight excluding hydrogens is 540 g/mol. The first kappa shape index (κ1) is 52.8. The van der Waals surface area contributed by atoms with Gasteiger partial charge in [0.25, 0.3) is 0 Å². The van der Waals surface area contributed by atoms with Crippen LogP contribution in [0.3, 0.4) is 0 Å². The van der Waals surface area contributed by atoms with Crippen LogP contribution in [0.4, 0.5) is 0 Å². The van der Waals surface area contributed by atoms with Crippen LogP contribution in [-0.2, 0) is 28.4 Å². The molecule has 0 aromatic rings. The van der Waals surface area contributed by atoms with Gasteiger partial charge in [0.15, 0.2) is 17.7 Å². The summed E-state index contributed by atoms with van der Waals surface area (Å²) in [4.78, 5) is 12.3. The molecule has 3 aliphatic rings. The van der Waals surface area contributed by atoms with Crippen LogP contribution >= 0.6 is 0 Å². The minimum atomic E-state index is -0.126. The molecular formula is C27H59N3Na2O8. The second-order valence-electron chi connectivity index (χ2n) is 8.02. The Hall–Kier alpha value is 0.210. The number of methoxy groups -OCH3 is 3. The molecule has 11 nitrogen and oxygen atoms in total. The monoisotopic (exact) mass is 599 g/mol. The second-order valence-corrected chi connectivity index (χ2v) is 8.02. The number of aliphatic hydroxyl groups excluding tert-OH is 1. The fourth-order valence-electron chi connectivity index (χ4n) is 2.68. The molecule has 13 heteroatoms. The third-order valence-electron chi connectivity index (χ3n) is 4.86. The van der Waals surface area contributed by atoms with Gasteiger partial charge in [-0.3, -0.25) is 15.0 Å². The maximum Gasteiger partial charge on any atom is 1.00 e. The van der Waals surface area contributed by atoms with E-state index in [1.54, 1.807) is 21.3 Å². The van der Waals surface area contributed by atoms with Crippen molar-refractivity contribution in [2.75, 3.05) is 93.8 Å². The van der Waals surface area contributed by atoms with Crippen LogP contribution in [0.5, 0.6) is 0 Å². The fourth-order valence-corrected chi connectivity index (χ4v) is 2.68. The van der Waals surface area contributed by atoms with Crippen molar-refractivity contribution in [2.24, 2.45) is 32.7 Å². The van der Waals surface area contributed by atoms with E-state index in [1.807, 2.05) is 13.8 Å². The molecule has 0 radical (unpaired) electrons. The molecule has 0 saturated heterocycles. The summed E-state index contributed by atoms with van der Waals surface area (Å²) >= 11 is 0. The van der Waals surface area contributed by atoms with Gasteiger partial charge in [0.05, 0.1) is 45.4 Å². The Balaban J connectivity index is -0.0000000729. The first-order chi connectivity index (χ1) is 16.9.